The summed E-state index contributed by atoms with van der Waals surface area (Å²) in [5, 5.41) is 20.4. The molecule has 1 amide bonds. The molecule has 36 heavy (non-hydrogen) atoms. The third kappa shape index (κ3) is 8.71. The van der Waals surface area contributed by atoms with Crippen molar-refractivity contribution in [1.29, 1.82) is 0 Å². The Morgan fingerprint density at radius 3 is 2.25 bits per heavy atom. The van der Waals surface area contributed by atoms with Crippen LogP contribution in [0.2, 0.25) is 0 Å². The molecule has 2 aromatic rings. The van der Waals surface area contributed by atoms with E-state index in [0.717, 1.165) is 6.33 Å². The van der Waals surface area contributed by atoms with E-state index in [1.54, 1.807) is 0 Å². The van der Waals surface area contributed by atoms with Crippen molar-refractivity contribution >= 4 is 68.9 Å². The second-order valence-corrected chi connectivity index (χ2v) is 11.8. The SMILES string of the molecule is NC(=O)CI.Nc1ncnc2c1ncn2[C@@H]1O[C@H](COP(=O)(O)OP(=O)(O)OP(=O)(O)O)[C@@H](O)[C@H]1O. The van der Waals surface area contributed by atoms with Crippen LogP contribution in [0.1, 0.15) is 6.23 Å². The number of amides is 1. The summed E-state index contributed by atoms with van der Waals surface area (Å²) >= 11 is 1.90. The fourth-order valence-electron chi connectivity index (χ4n) is 2.62. The molecule has 0 saturated carbocycles. The summed E-state index contributed by atoms with van der Waals surface area (Å²) in [6.45, 7) is -0.956. The van der Waals surface area contributed by atoms with E-state index < -0.39 is 54.6 Å². The summed E-state index contributed by atoms with van der Waals surface area (Å²) in [5.74, 6) is -0.216. The van der Waals surface area contributed by atoms with E-state index in [4.69, 9.17) is 25.2 Å². The molecule has 0 aromatic carbocycles. The number of nitrogens with two attached hydrogens (primary N) is 2. The molecular formula is C12H20IN6O14P3. The van der Waals surface area contributed by atoms with E-state index in [9.17, 15) is 33.6 Å². The maximum Gasteiger partial charge on any atom is 0.490 e. The average Bonchev–Trinajstić information content (AvgIpc) is 3.27. The lowest BCUT2D eigenvalue weighted by molar-refractivity contribution is -0.115. The summed E-state index contributed by atoms with van der Waals surface area (Å²) in [6, 6.07) is 0. The van der Waals surface area contributed by atoms with Crippen molar-refractivity contribution in [2.75, 3.05) is 16.8 Å². The van der Waals surface area contributed by atoms with Gasteiger partial charge in [-0.15, -0.1) is 0 Å². The van der Waals surface area contributed by atoms with Gasteiger partial charge in [0.15, 0.2) is 17.7 Å². The topological polar surface area (TPSA) is 322 Å². The van der Waals surface area contributed by atoms with Gasteiger partial charge in [-0.3, -0.25) is 13.9 Å². The van der Waals surface area contributed by atoms with Gasteiger partial charge in [-0.1, -0.05) is 22.6 Å². The number of phosphoric ester groups is 1. The van der Waals surface area contributed by atoms with E-state index in [1.165, 1.54) is 10.9 Å². The number of aromatic nitrogens is 4. The number of aliphatic hydroxyl groups excluding tert-OH is 2. The van der Waals surface area contributed by atoms with E-state index in [2.05, 4.69) is 33.8 Å². The molecule has 3 rings (SSSR count). The number of ether oxygens (including phenoxy) is 1. The van der Waals surface area contributed by atoms with E-state index in [0.29, 0.717) is 4.43 Å². The molecule has 6 atom stereocenters. The van der Waals surface area contributed by atoms with Gasteiger partial charge in [0.05, 0.1) is 17.4 Å². The number of nitrogen functional groups attached to an aromatic ring is 1. The molecule has 0 aliphatic carbocycles. The van der Waals surface area contributed by atoms with Crippen LogP contribution in [0.4, 0.5) is 5.82 Å². The monoisotopic (exact) mass is 692 g/mol. The zero-order valence-electron chi connectivity index (χ0n) is 17.5. The highest BCUT2D eigenvalue weighted by Gasteiger charge is 2.47. The highest BCUT2D eigenvalue weighted by Crippen LogP contribution is 2.66. The first kappa shape index (κ1) is 31.1. The van der Waals surface area contributed by atoms with Crippen LogP contribution in [0.25, 0.3) is 11.2 Å². The second kappa shape index (κ2) is 12.1. The summed E-state index contributed by atoms with van der Waals surface area (Å²) in [5.41, 5.74) is 10.6. The van der Waals surface area contributed by atoms with Gasteiger partial charge in [0.2, 0.25) is 5.91 Å². The lowest BCUT2D eigenvalue weighted by atomic mass is 10.1. The molecule has 3 heterocycles. The van der Waals surface area contributed by atoms with Crippen LogP contribution in [0.5, 0.6) is 0 Å². The third-order valence-electron chi connectivity index (χ3n) is 3.95. The van der Waals surface area contributed by atoms with Crippen LogP contribution >= 0.6 is 46.1 Å². The number of fused-ring (bicyclic) bond motifs is 1. The van der Waals surface area contributed by atoms with Crippen molar-refractivity contribution < 1.29 is 66.2 Å². The summed E-state index contributed by atoms with van der Waals surface area (Å²) in [4.78, 5) is 56.8. The maximum absolute atomic E-state index is 11.8. The molecule has 2 aromatic heterocycles. The van der Waals surface area contributed by atoms with Gasteiger partial charge in [-0.2, -0.15) is 8.62 Å². The van der Waals surface area contributed by atoms with Crippen molar-refractivity contribution in [3.05, 3.63) is 12.7 Å². The maximum atomic E-state index is 11.8. The molecule has 0 radical (unpaired) electrons. The minimum atomic E-state index is -5.70. The zero-order valence-corrected chi connectivity index (χ0v) is 22.3. The van der Waals surface area contributed by atoms with Crippen molar-refractivity contribution in [2.24, 2.45) is 5.73 Å². The highest BCUT2D eigenvalue weighted by molar-refractivity contribution is 14.1. The van der Waals surface area contributed by atoms with Crippen molar-refractivity contribution in [3.8, 4) is 0 Å². The molecule has 2 unspecified atom stereocenters. The fourth-order valence-corrected chi connectivity index (χ4v) is 5.65. The quantitative estimate of drug-likeness (QED) is 0.0823. The second-order valence-electron chi connectivity index (χ2n) is 6.62. The van der Waals surface area contributed by atoms with Crippen molar-refractivity contribution in [3.63, 3.8) is 0 Å². The van der Waals surface area contributed by atoms with Gasteiger partial charge in [0.25, 0.3) is 0 Å². The number of imidazole rings is 1. The van der Waals surface area contributed by atoms with Gasteiger partial charge < -0.3 is 46.0 Å². The number of nitrogens with zero attached hydrogens (tertiary/aromatic N) is 4. The number of hydrogen-bond acceptors (Lipinski definition) is 14. The molecule has 204 valence electrons. The van der Waals surface area contributed by atoms with Crippen LogP contribution in [0.15, 0.2) is 12.7 Å². The van der Waals surface area contributed by atoms with Crippen molar-refractivity contribution in [2.45, 2.75) is 24.5 Å². The number of halogens is 1. The van der Waals surface area contributed by atoms with Gasteiger partial charge in [-0.05, 0) is 0 Å². The molecule has 1 aliphatic rings. The Morgan fingerprint density at radius 2 is 1.69 bits per heavy atom. The lowest BCUT2D eigenvalue weighted by Crippen LogP contribution is -2.33. The molecule has 20 nitrogen and oxygen atoms in total. The number of anilines is 1. The number of carbonyl (C=O) groups is 1. The third-order valence-corrected chi connectivity index (χ3v) is 8.50. The predicted molar refractivity (Wildman–Crippen MR) is 124 cm³/mol. The van der Waals surface area contributed by atoms with Crippen LogP contribution in [-0.4, -0.2) is 84.6 Å². The Hall–Kier alpha value is -1.16. The molecule has 0 spiro atoms. The normalized spacial score (nSPS) is 25.5. The summed E-state index contributed by atoms with van der Waals surface area (Å²) in [6.07, 6.45) is -3.69. The minimum absolute atomic E-state index is 0.0426. The number of carbonyl (C=O) groups excluding carboxylic acids is 1. The first-order valence-electron chi connectivity index (χ1n) is 9.03. The van der Waals surface area contributed by atoms with Crippen LogP contribution in [0, 0.1) is 0 Å². The van der Waals surface area contributed by atoms with Gasteiger partial charge in [0, 0.05) is 0 Å². The van der Waals surface area contributed by atoms with Gasteiger partial charge >= 0.3 is 23.5 Å². The van der Waals surface area contributed by atoms with Crippen LogP contribution in [-0.2, 0) is 36.4 Å². The number of aliphatic hydroxyl groups is 2. The Labute approximate surface area is 214 Å². The lowest BCUT2D eigenvalue weighted by Gasteiger charge is -2.19. The molecule has 1 aliphatic heterocycles. The van der Waals surface area contributed by atoms with E-state index >= 15 is 0 Å². The fraction of sp³-hybridized carbons (Fsp3) is 0.500. The summed E-state index contributed by atoms with van der Waals surface area (Å²) in [7, 11) is -16.7. The first-order chi connectivity index (χ1) is 16.5. The number of hydrogen-bond donors (Lipinski definition) is 8. The molecular weight excluding hydrogens is 672 g/mol. The van der Waals surface area contributed by atoms with Crippen LogP contribution in [0.3, 0.4) is 0 Å². The Kier molecular flexibility index (Phi) is 10.5. The molecule has 1 saturated heterocycles. The Balaban J connectivity index is 0.000000830. The van der Waals surface area contributed by atoms with Crippen LogP contribution < -0.4 is 11.5 Å². The number of primary amides is 1. The summed E-state index contributed by atoms with van der Waals surface area (Å²) < 4.78 is 52.3. The zero-order chi connectivity index (χ0) is 27.5. The Bertz CT molecular complexity index is 1230. The van der Waals surface area contributed by atoms with Gasteiger partial charge in [0.1, 0.15) is 30.2 Å². The highest BCUT2D eigenvalue weighted by atomic mass is 127. The standard InChI is InChI=1S/C10H16N5O13P3.C2H4INO/c11-8-5-9(13-2-12-8)15(3-14-5)10-7(17)6(16)4(26-10)1-25-30(21,22)28-31(23,24)27-29(18,19)20;3-1-2(4)5/h2-4,6-7,10,16-17H,1H2,(H,21,22)(H,23,24)(H2,11,12,13)(H2,18,19,20);1H2,(H2,4,5)/t4-,6-,7-,10-;/m1./s1. The van der Waals surface area contributed by atoms with E-state index in [-0.39, 0.29) is 22.9 Å². The van der Waals surface area contributed by atoms with Gasteiger partial charge in [-0.25, -0.2) is 28.6 Å². The average molecular weight is 692 g/mol. The number of phosphoric acid groups is 3. The minimum Gasteiger partial charge on any atom is -0.387 e. The predicted octanol–water partition coefficient (Wildman–Crippen LogP) is -1.72. The van der Waals surface area contributed by atoms with Crippen molar-refractivity contribution in [1.82, 2.24) is 19.5 Å². The molecule has 1 fully saturated rings. The number of alkyl halides is 1. The molecule has 10 N–H and O–H groups in total. The number of rotatable bonds is 9. The first-order valence-corrected chi connectivity index (χ1v) is 15.1. The molecule has 24 heteroatoms. The van der Waals surface area contributed by atoms with E-state index in [1.807, 2.05) is 22.6 Å². The Morgan fingerprint density at radius 1 is 1.08 bits per heavy atom. The molecule has 0 bridgehead atoms. The smallest absolute Gasteiger partial charge is 0.387 e. The largest absolute Gasteiger partial charge is 0.490 e.